The molecule has 1 saturated heterocycles. The van der Waals surface area contributed by atoms with Gasteiger partial charge in [0.15, 0.2) is 5.96 Å². The second-order valence-corrected chi connectivity index (χ2v) is 8.76. The van der Waals surface area contributed by atoms with Gasteiger partial charge in [0.2, 0.25) is 5.91 Å². The number of guanidine groups is 1. The Balaban J connectivity index is 1.55. The van der Waals surface area contributed by atoms with Crippen molar-refractivity contribution in [3.8, 4) is 0 Å². The summed E-state index contributed by atoms with van der Waals surface area (Å²) < 4.78 is 1.13. The van der Waals surface area contributed by atoms with E-state index in [4.69, 9.17) is 0 Å². The molecular formula is C21H31BrN4O. The van der Waals surface area contributed by atoms with Gasteiger partial charge in [-0.2, -0.15) is 0 Å². The summed E-state index contributed by atoms with van der Waals surface area (Å²) >= 11 is 3.54. The lowest BCUT2D eigenvalue weighted by atomic mass is 9.64. The smallest absolute Gasteiger partial charge is 0.220 e. The summed E-state index contributed by atoms with van der Waals surface area (Å²) in [6.07, 6.45) is 6.49. The highest BCUT2D eigenvalue weighted by Gasteiger charge is 2.39. The first kappa shape index (κ1) is 20.2. The average molecular weight is 435 g/mol. The molecule has 2 fully saturated rings. The van der Waals surface area contributed by atoms with Gasteiger partial charge in [-0.3, -0.25) is 9.79 Å². The van der Waals surface area contributed by atoms with Crippen molar-refractivity contribution < 1.29 is 4.79 Å². The SMILES string of the molecule is CN=C(NCC1(c2ccc(Br)cc2)CCC1)N1CCC(CC(=O)NC)CC1. The highest BCUT2D eigenvalue weighted by atomic mass is 79.9. The Hall–Kier alpha value is -1.56. The van der Waals surface area contributed by atoms with Crippen molar-refractivity contribution in [1.29, 1.82) is 0 Å². The number of nitrogens with one attached hydrogen (secondary N) is 2. The standard InChI is InChI=1S/C21H31BrN4O/c1-23-19(27)14-16-8-12-26(13-9-16)20(24-2)25-15-21(10-3-11-21)17-4-6-18(22)7-5-17/h4-7,16H,3,8-15H2,1-2H3,(H,23,27)(H,24,25). The predicted molar refractivity (Wildman–Crippen MR) is 114 cm³/mol. The number of carbonyl (C=O) groups is 1. The molecule has 1 aromatic rings. The number of amides is 1. The maximum Gasteiger partial charge on any atom is 0.220 e. The average Bonchev–Trinajstić information content (AvgIpc) is 2.66. The van der Waals surface area contributed by atoms with Crippen LogP contribution >= 0.6 is 15.9 Å². The number of hydrogen-bond donors (Lipinski definition) is 2. The lowest BCUT2D eigenvalue weighted by Gasteiger charge is -2.44. The van der Waals surface area contributed by atoms with Crippen LogP contribution in [0.25, 0.3) is 0 Å². The lowest BCUT2D eigenvalue weighted by molar-refractivity contribution is -0.121. The molecular weight excluding hydrogens is 404 g/mol. The highest BCUT2D eigenvalue weighted by molar-refractivity contribution is 9.10. The Morgan fingerprint density at radius 2 is 1.93 bits per heavy atom. The number of likely N-dealkylation sites (tertiary alicyclic amines) is 1. The first-order valence-corrected chi connectivity index (χ1v) is 10.8. The van der Waals surface area contributed by atoms with E-state index in [0.717, 1.165) is 42.9 Å². The second kappa shape index (κ2) is 9.09. The van der Waals surface area contributed by atoms with Crippen LogP contribution in [0.2, 0.25) is 0 Å². The topological polar surface area (TPSA) is 56.7 Å². The molecule has 1 aromatic carbocycles. The van der Waals surface area contributed by atoms with Gasteiger partial charge in [0.25, 0.3) is 0 Å². The molecule has 1 saturated carbocycles. The van der Waals surface area contributed by atoms with E-state index in [-0.39, 0.29) is 11.3 Å². The van der Waals surface area contributed by atoms with Crippen LogP contribution in [0, 0.1) is 5.92 Å². The maximum absolute atomic E-state index is 11.6. The van der Waals surface area contributed by atoms with Gasteiger partial charge in [-0.1, -0.05) is 34.5 Å². The second-order valence-electron chi connectivity index (χ2n) is 7.85. The summed E-state index contributed by atoms with van der Waals surface area (Å²) in [5.41, 5.74) is 1.65. The summed E-state index contributed by atoms with van der Waals surface area (Å²) in [5.74, 6) is 1.63. The Bertz CT molecular complexity index is 661. The molecule has 27 heavy (non-hydrogen) atoms. The molecule has 0 aromatic heterocycles. The maximum atomic E-state index is 11.6. The minimum Gasteiger partial charge on any atom is -0.359 e. The number of rotatable bonds is 5. The van der Waals surface area contributed by atoms with Crippen LogP contribution in [-0.2, 0) is 10.2 Å². The molecule has 2 aliphatic rings. The molecule has 2 N–H and O–H groups in total. The van der Waals surface area contributed by atoms with Gasteiger partial charge < -0.3 is 15.5 Å². The van der Waals surface area contributed by atoms with E-state index in [1.165, 1.54) is 24.8 Å². The summed E-state index contributed by atoms with van der Waals surface area (Å²) in [7, 11) is 3.58. The van der Waals surface area contributed by atoms with Gasteiger partial charge in [0, 0.05) is 50.0 Å². The molecule has 0 unspecified atom stereocenters. The first-order valence-electron chi connectivity index (χ1n) is 9.98. The first-order chi connectivity index (χ1) is 13.1. The highest BCUT2D eigenvalue weighted by Crippen LogP contribution is 2.43. The van der Waals surface area contributed by atoms with Crippen LogP contribution in [0.1, 0.15) is 44.1 Å². The van der Waals surface area contributed by atoms with Gasteiger partial charge >= 0.3 is 0 Å². The van der Waals surface area contributed by atoms with Crippen molar-refractivity contribution >= 4 is 27.8 Å². The number of halogens is 1. The number of piperidine rings is 1. The van der Waals surface area contributed by atoms with Gasteiger partial charge in [0.1, 0.15) is 0 Å². The number of benzene rings is 1. The van der Waals surface area contributed by atoms with Crippen LogP contribution in [0.4, 0.5) is 0 Å². The van der Waals surface area contributed by atoms with Crippen LogP contribution in [-0.4, -0.2) is 50.5 Å². The normalized spacial score (nSPS) is 20.1. The molecule has 3 rings (SSSR count). The van der Waals surface area contributed by atoms with Gasteiger partial charge in [0.05, 0.1) is 0 Å². The predicted octanol–water partition coefficient (Wildman–Crippen LogP) is 3.29. The number of carbonyl (C=O) groups excluding carboxylic acids is 1. The van der Waals surface area contributed by atoms with E-state index in [1.807, 2.05) is 7.05 Å². The monoisotopic (exact) mass is 434 g/mol. The summed E-state index contributed by atoms with van der Waals surface area (Å²) in [6, 6.07) is 8.78. The van der Waals surface area contributed by atoms with Crippen molar-refractivity contribution in [2.75, 3.05) is 33.7 Å². The van der Waals surface area contributed by atoms with Crippen LogP contribution in [0.15, 0.2) is 33.7 Å². The molecule has 0 spiro atoms. The molecule has 1 aliphatic heterocycles. The van der Waals surface area contributed by atoms with Crippen molar-refractivity contribution in [1.82, 2.24) is 15.5 Å². The van der Waals surface area contributed by atoms with Crippen molar-refractivity contribution in [2.45, 2.75) is 43.9 Å². The fourth-order valence-corrected chi connectivity index (χ4v) is 4.53. The van der Waals surface area contributed by atoms with E-state index < -0.39 is 0 Å². The van der Waals surface area contributed by atoms with Gasteiger partial charge in [-0.25, -0.2) is 0 Å². The molecule has 5 nitrogen and oxygen atoms in total. The fraction of sp³-hybridized carbons (Fsp3) is 0.619. The van der Waals surface area contributed by atoms with E-state index in [9.17, 15) is 4.79 Å². The molecule has 148 valence electrons. The quantitative estimate of drug-likeness (QED) is 0.551. The van der Waals surface area contributed by atoms with Crippen molar-refractivity contribution in [3.05, 3.63) is 34.3 Å². The third kappa shape index (κ3) is 4.84. The molecule has 1 heterocycles. The minimum absolute atomic E-state index is 0.150. The van der Waals surface area contributed by atoms with E-state index in [1.54, 1.807) is 7.05 Å². The van der Waals surface area contributed by atoms with E-state index >= 15 is 0 Å². The summed E-state index contributed by atoms with van der Waals surface area (Å²) in [4.78, 5) is 18.5. The third-order valence-corrected chi connectivity index (χ3v) is 6.76. The molecule has 6 heteroatoms. The molecule has 1 aliphatic carbocycles. The third-order valence-electron chi connectivity index (χ3n) is 6.23. The van der Waals surface area contributed by atoms with Crippen LogP contribution in [0.5, 0.6) is 0 Å². The van der Waals surface area contributed by atoms with Crippen molar-refractivity contribution in [3.63, 3.8) is 0 Å². The minimum atomic E-state index is 0.150. The Morgan fingerprint density at radius 1 is 1.26 bits per heavy atom. The summed E-state index contributed by atoms with van der Waals surface area (Å²) in [5, 5.41) is 6.38. The fourth-order valence-electron chi connectivity index (χ4n) is 4.27. The summed E-state index contributed by atoms with van der Waals surface area (Å²) in [6.45, 7) is 2.86. The Kier molecular flexibility index (Phi) is 6.79. The number of aliphatic imine (C=N–C) groups is 1. The van der Waals surface area contributed by atoms with Gasteiger partial charge in [-0.15, -0.1) is 0 Å². The zero-order valence-electron chi connectivity index (χ0n) is 16.4. The molecule has 0 atom stereocenters. The van der Waals surface area contributed by atoms with Crippen LogP contribution < -0.4 is 10.6 Å². The molecule has 1 amide bonds. The molecule has 0 bridgehead atoms. The number of nitrogens with zero attached hydrogens (tertiary/aromatic N) is 2. The number of hydrogen-bond acceptors (Lipinski definition) is 2. The van der Waals surface area contributed by atoms with Gasteiger partial charge in [-0.05, 0) is 49.3 Å². The largest absolute Gasteiger partial charge is 0.359 e. The van der Waals surface area contributed by atoms with Crippen molar-refractivity contribution in [2.24, 2.45) is 10.9 Å². The zero-order valence-corrected chi connectivity index (χ0v) is 18.0. The van der Waals surface area contributed by atoms with E-state index in [0.29, 0.717) is 12.3 Å². The Morgan fingerprint density at radius 3 is 2.44 bits per heavy atom. The van der Waals surface area contributed by atoms with E-state index in [2.05, 4.69) is 60.7 Å². The van der Waals surface area contributed by atoms with Crippen LogP contribution in [0.3, 0.4) is 0 Å². The molecule has 0 radical (unpaired) electrons. The zero-order chi connectivity index (χ0) is 19.3. The lowest BCUT2D eigenvalue weighted by Crippen LogP contribution is -2.51. The Labute approximate surface area is 171 Å².